The summed E-state index contributed by atoms with van der Waals surface area (Å²) in [6, 6.07) is 6.39. The zero-order valence-corrected chi connectivity index (χ0v) is 12.5. The molecule has 1 nitrogen and oxygen atoms in total. The summed E-state index contributed by atoms with van der Waals surface area (Å²) >= 11 is 8.15. The van der Waals surface area contributed by atoms with Gasteiger partial charge in [0.25, 0.3) is 0 Å². The zero-order chi connectivity index (χ0) is 12.7. The predicted molar refractivity (Wildman–Crippen MR) is 79.1 cm³/mol. The van der Waals surface area contributed by atoms with Gasteiger partial charge >= 0.3 is 0 Å². The van der Waals surface area contributed by atoms with Crippen molar-refractivity contribution < 1.29 is 0 Å². The Labute approximate surface area is 114 Å². The number of rotatable bonds is 7. The smallest absolute Gasteiger partial charge is 0.0545 e. The van der Waals surface area contributed by atoms with E-state index < -0.39 is 0 Å². The molecule has 0 aromatic heterocycles. The maximum absolute atomic E-state index is 6.29. The van der Waals surface area contributed by atoms with E-state index in [2.05, 4.69) is 44.3 Å². The van der Waals surface area contributed by atoms with Crippen LogP contribution in [0.25, 0.3) is 0 Å². The SMILES string of the molecule is CCCNCc1ccc(SC(C)CC)c(Cl)c1. The standard InChI is InChI=1S/C14H22ClNS/c1-4-8-16-10-12-6-7-14(13(15)9-12)17-11(3)5-2/h6-7,9,11,16H,4-5,8,10H2,1-3H3. The molecule has 0 fully saturated rings. The predicted octanol–water partition coefficient (Wildman–Crippen LogP) is 4.73. The van der Waals surface area contributed by atoms with Gasteiger partial charge in [-0.1, -0.05) is 38.4 Å². The van der Waals surface area contributed by atoms with E-state index in [0.717, 1.165) is 24.5 Å². The van der Waals surface area contributed by atoms with E-state index >= 15 is 0 Å². The number of hydrogen-bond acceptors (Lipinski definition) is 2. The molecule has 0 aliphatic carbocycles. The molecule has 0 spiro atoms. The van der Waals surface area contributed by atoms with Crippen LogP contribution in [0, 0.1) is 0 Å². The Morgan fingerprint density at radius 3 is 2.71 bits per heavy atom. The molecule has 0 aliphatic rings. The lowest BCUT2D eigenvalue weighted by Crippen LogP contribution is -2.13. The van der Waals surface area contributed by atoms with Gasteiger partial charge < -0.3 is 5.32 Å². The van der Waals surface area contributed by atoms with Gasteiger partial charge in [-0.2, -0.15) is 0 Å². The van der Waals surface area contributed by atoms with Crippen molar-refractivity contribution in [2.24, 2.45) is 0 Å². The molecule has 3 heteroatoms. The van der Waals surface area contributed by atoms with E-state index in [-0.39, 0.29) is 0 Å². The van der Waals surface area contributed by atoms with Crippen molar-refractivity contribution in [2.45, 2.75) is 50.3 Å². The minimum absolute atomic E-state index is 0.622. The van der Waals surface area contributed by atoms with E-state index in [9.17, 15) is 0 Å². The molecule has 1 rings (SSSR count). The van der Waals surface area contributed by atoms with Crippen LogP contribution in [-0.4, -0.2) is 11.8 Å². The third-order valence-corrected chi connectivity index (χ3v) is 4.43. The van der Waals surface area contributed by atoms with Gasteiger partial charge in [-0.15, -0.1) is 11.8 Å². The van der Waals surface area contributed by atoms with Gasteiger partial charge in [-0.05, 0) is 37.1 Å². The number of benzene rings is 1. The minimum atomic E-state index is 0.622. The van der Waals surface area contributed by atoms with Crippen LogP contribution < -0.4 is 5.32 Å². The van der Waals surface area contributed by atoms with Crippen LogP contribution in [0.3, 0.4) is 0 Å². The van der Waals surface area contributed by atoms with E-state index in [1.807, 2.05) is 11.8 Å². The molecule has 1 aromatic rings. The number of nitrogens with one attached hydrogen (secondary N) is 1. The molecule has 17 heavy (non-hydrogen) atoms. The van der Waals surface area contributed by atoms with Crippen molar-refractivity contribution >= 4 is 23.4 Å². The Morgan fingerprint density at radius 1 is 1.35 bits per heavy atom. The topological polar surface area (TPSA) is 12.0 Å². The van der Waals surface area contributed by atoms with Gasteiger partial charge in [0, 0.05) is 16.7 Å². The fraction of sp³-hybridized carbons (Fsp3) is 0.571. The Bertz CT molecular complexity index is 341. The van der Waals surface area contributed by atoms with E-state index in [1.54, 1.807) is 0 Å². The third kappa shape index (κ3) is 5.33. The summed E-state index contributed by atoms with van der Waals surface area (Å²) in [5.41, 5.74) is 1.26. The van der Waals surface area contributed by atoms with Crippen molar-refractivity contribution in [2.75, 3.05) is 6.54 Å². The second kappa shape index (κ2) is 8.02. The lowest BCUT2D eigenvalue weighted by molar-refractivity contribution is 0.675. The molecular formula is C14H22ClNS. The highest BCUT2D eigenvalue weighted by Gasteiger charge is 2.06. The number of hydrogen-bond donors (Lipinski definition) is 1. The normalized spacial score (nSPS) is 12.7. The summed E-state index contributed by atoms with van der Waals surface area (Å²) in [6.45, 7) is 8.57. The van der Waals surface area contributed by atoms with E-state index in [0.29, 0.717) is 5.25 Å². The second-order valence-electron chi connectivity index (χ2n) is 4.28. The maximum atomic E-state index is 6.29. The average molecular weight is 272 g/mol. The Kier molecular flexibility index (Phi) is 7.02. The lowest BCUT2D eigenvalue weighted by Gasteiger charge is -2.11. The Hall–Kier alpha value is -0.180. The molecule has 1 atom stereocenters. The summed E-state index contributed by atoms with van der Waals surface area (Å²) in [5.74, 6) is 0. The summed E-state index contributed by atoms with van der Waals surface area (Å²) in [4.78, 5) is 1.19. The molecule has 96 valence electrons. The molecule has 0 saturated carbocycles. The Morgan fingerprint density at radius 2 is 2.12 bits per heavy atom. The lowest BCUT2D eigenvalue weighted by atomic mass is 10.2. The van der Waals surface area contributed by atoms with Gasteiger partial charge in [0.1, 0.15) is 0 Å². The first-order valence-corrected chi connectivity index (χ1v) is 7.58. The van der Waals surface area contributed by atoms with Gasteiger partial charge in [-0.3, -0.25) is 0 Å². The molecule has 0 amide bonds. The number of halogens is 1. The van der Waals surface area contributed by atoms with Crippen molar-refractivity contribution in [3.8, 4) is 0 Å². The largest absolute Gasteiger partial charge is 0.313 e. The third-order valence-electron chi connectivity index (χ3n) is 2.66. The van der Waals surface area contributed by atoms with Crippen molar-refractivity contribution in [3.63, 3.8) is 0 Å². The van der Waals surface area contributed by atoms with Crippen LogP contribution >= 0.6 is 23.4 Å². The van der Waals surface area contributed by atoms with Crippen molar-refractivity contribution in [3.05, 3.63) is 28.8 Å². The highest BCUT2D eigenvalue weighted by molar-refractivity contribution is 8.00. The van der Waals surface area contributed by atoms with Crippen LogP contribution in [0.5, 0.6) is 0 Å². The van der Waals surface area contributed by atoms with Gasteiger partial charge in [0.2, 0.25) is 0 Å². The summed E-state index contributed by atoms with van der Waals surface area (Å²) < 4.78 is 0. The molecule has 1 aromatic carbocycles. The fourth-order valence-corrected chi connectivity index (χ4v) is 2.71. The Balaban J connectivity index is 2.59. The van der Waals surface area contributed by atoms with Crippen LogP contribution in [-0.2, 0) is 6.54 Å². The molecule has 1 unspecified atom stereocenters. The molecule has 1 N–H and O–H groups in total. The molecule has 0 radical (unpaired) electrons. The van der Waals surface area contributed by atoms with E-state index in [4.69, 9.17) is 11.6 Å². The first kappa shape index (κ1) is 14.9. The van der Waals surface area contributed by atoms with Crippen LogP contribution in [0.1, 0.15) is 39.2 Å². The molecular weight excluding hydrogens is 250 g/mol. The highest BCUT2D eigenvalue weighted by Crippen LogP contribution is 2.32. The van der Waals surface area contributed by atoms with Crippen LogP contribution in [0.4, 0.5) is 0 Å². The van der Waals surface area contributed by atoms with Gasteiger partial charge in [-0.25, -0.2) is 0 Å². The molecule has 0 bridgehead atoms. The maximum Gasteiger partial charge on any atom is 0.0545 e. The first-order valence-electron chi connectivity index (χ1n) is 6.33. The molecule has 0 aliphatic heterocycles. The van der Waals surface area contributed by atoms with Crippen molar-refractivity contribution in [1.82, 2.24) is 5.32 Å². The second-order valence-corrected chi connectivity index (χ2v) is 6.17. The summed E-state index contributed by atoms with van der Waals surface area (Å²) in [6.07, 6.45) is 2.33. The number of thioether (sulfide) groups is 1. The van der Waals surface area contributed by atoms with Gasteiger partial charge in [0.05, 0.1) is 5.02 Å². The quantitative estimate of drug-likeness (QED) is 0.568. The average Bonchev–Trinajstić information content (AvgIpc) is 2.32. The summed E-state index contributed by atoms with van der Waals surface area (Å²) in [5, 5.41) is 4.89. The van der Waals surface area contributed by atoms with Crippen LogP contribution in [0.2, 0.25) is 5.02 Å². The first-order chi connectivity index (χ1) is 8.17. The monoisotopic (exact) mass is 271 g/mol. The van der Waals surface area contributed by atoms with E-state index in [1.165, 1.54) is 16.9 Å². The highest BCUT2D eigenvalue weighted by atomic mass is 35.5. The van der Waals surface area contributed by atoms with Crippen LogP contribution in [0.15, 0.2) is 23.1 Å². The summed E-state index contributed by atoms with van der Waals surface area (Å²) in [7, 11) is 0. The molecule has 0 heterocycles. The van der Waals surface area contributed by atoms with Crippen molar-refractivity contribution in [1.29, 1.82) is 0 Å². The fourth-order valence-electron chi connectivity index (χ4n) is 1.46. The zero-order valence-electron chi connectivity index (χ0n) is 10.9. The minimum Gasteiger partial charge on any atom is -0.313 e. The molecule has 0 saturated heterocycles. The van der Waals surface area contributed by atoms with Gasteiger partial charge in [0.15, 0.2) is 0 Å².